The van der Waals surface area contributed by atoms with Gasteiger partial charge in [0.2, 0.25) is 5.91 Å². The summed E-state index contributed by atoms with van der Waals surface area (Å²) in [6, 6.07) is 15.5. The van der Waals surface area contributed by atoms with Crippen LogP contribution in [0.15, 0.2) is 48.5 Å². The lowest BCUT2D eigenvalue weighted by Gasteiger charge is -2.07. The number of amides is 1. The zero-order valence-electron chi connectivity index (χ0n) is 12.4. The molecule has 0 spiro atoms. The van der Waals surface area contributed by atoms with Gasteiger partial charge in [0.1, 0.15) is 5.75 Å². The Bertz CT molecular complexity index is 669. The minimum Gasteiger partial charge on any atom is -0.497 e. The van der Waals surface area contributed by atoms with Crippen LogP contribution in [0, 0.1) is 5.92 Å². The van der Waals surface area contributed by atoms with Crippen LogP contribution in [0.3, 0.4) is 0 Å². The summed E-state index contributed by atoms with van der Waals surface area (Å²) in [6.45, 7) is 0.477. The van der Waals surface area contributed by atoms with Gasteiger partial charge in [-0.3, -0.25) is 4.79 Å². The average Bonchev–Trinajstić information content (AvgIpc) is 3.35. The van der Waals surface area contributed by atoms with Crippen molar-refractivity contribution in [2.24, 2.45) is 5.92 Å². The molecule has 0 aromatic heterocycles. The molecule has 3 rings (SSSR count). The monoisotopic (exact) mass is 315 g/mol. The van der Waals surface area contributed by atoms with Crippen molar-refractivity contribution in [2.75, 3.05) is 7.11 Å². The third-order valence-electron chi connectivity index (χ3n) is 4.08. The molecular weight excluding hydrogens is 298 g/mol. The number of methoxy groups -OCH3 is 1. The van der Waals surface area contributed by atoms with Crippen LogP contribution in [0.1, 0.15) is 23.5 Å². The highest BCUT2D eigenvalue weighted by Gasteiger charge is 2.43. The largest absolute Gasteiger partial charge is 0.497 e. The second-order valence-corrected chi connectivity index (χ2v) is 5.94. The standard InChI is InChI=1S/C18H18ClNO2/c1-22-14-8-6-12(7-9-14)15-10-16(15)18(21)20-11-13-4-2-3-5-17(13)19/h2-9,15-16H,10-11H2,1H3,(H,20,21). The van der Waals surface area contributed by atoms with Gasteiger partial charge in [0.25, 0.3) is 0 Å². The van der Waals surface area contributed by atoms with E-state index in [1.165, 1.54) is 5.56 Å². The Balaban J connectivity index is 1.55. The predicted octanol–water partition coefficient (Wildman–Crippen LogP) is 3.77. The van der Waals surface area contributed by atoms with Crippen LogP contribution in [0.4, 0.5) is 0 Å². The zero-order valence-corrected chi connectivity index (χ0v) is 13.1. The van der Waals surface area contributed by atoms with Crippen LogP contribution in [-0.2, 0) is 11.3 Å². The quantitative estimate of drug-likeness (QED) is 0.912. The van der Waals surface area contributed by atoms with Crippen molar-refractivity contribution in [3.8, 4) is 5.75 Å². The third-order valence-corrected chi connectivity index (χ3v) is 4.45. The molecule has 1 N–H and O–H groups in total. The van der Waals surface area contributed by atoms with E-state index in [4.69, 9.17) is 16.3 Å². The van der Waals surface area contributed by atoms with Gasteiger partial charge in [0.05, 0.1) is 7.11 Å². The van der Waals surface area contributed by atoms with Crippen LogP contribution >= 0.6 is 11.6 Å². The number of carbonyl (C=O) groups excluding carboxylic acids is 1. The van der Waals surface area contributed by atoms with E-state index in [-0.39, 0.29) is 11.8 Å². The van der Waals surface area contributed by atoms with Crippen molar-refractivity contribution in [3.63, 3.8) is 0 Å². The molecule has 0 bridgehead atoms. The fourth-order valence-electron chi connectivity index (χ4n) is 2.66. The molecule has 1 fully saturated rings. The molecule has 1 aliphatic rings. The number of halogens is 1. The van der Waals surface area contributed by atoms with Crippen LogP contribution in [0.25, 0.3) is 0 Å². The number of nitrogens with one attached hydrogen (secondary N) is 1. The minimum absolute atomic E-state index is 0.0656. The lowest BCUT2D eigenvalue weighted by atomic mass is 10.1. The zero-order chi connectivity index (χ0) is 15.5. The molecule has 1 amide bonds. The highest BCUT2D eigenvalue weighted by molar-refractivity contribution is 6.31. The Hall–Kier alpha value is -2.00. The Kier molecular flexibility index (Phi) is 4.34. The van der Waals surface area contributed by atoms with Crippen LogP contribution in [0.2, 0.25) is 5.02 Å². The van der Waals surface area contributed by atoms with E-state index in [2.05, 4.69) is 5.32 Å². The number of carbonyl (C=O) groups is 1. The molecule has 4 heteroatoms. The van der Waals surface area contributed by atoms with Crippen LogP contribution in [0.5, 0.6) is 5.75 Å². The molecule has 2 atom stereocenters. The van der Waals surface area contributed by atoms with Gasteiger partial charge in [-0.1, -0.05) is 41.9 Å². The maximum absolute atomic E-state index is 12.2. The van der Waals surface area contributed by atoms with Crippen molar-refractivity contribution in [2.45, 2.75) is 18.9 Å². The molecule has 1 saturated carbocycles. The fourth-order valence-corrected chi connectivity index (χ4v) is 2.86. The molecule has 0 saturated heterocycles. The topological polar surface area (TPSA) is 38.3 Å². The third kappa shape index (κ3) is 3.25. The van der Waals surface area contributed by atoms with Gasteiger partial charge in [0, 0.05) is 17.5 Å². The SMILES string of the molecule is COc1ccc(C2CC2C(=O)NCc2ccccc2Cl)cc1. The van der Waals surface area contributed by atoms with E-state index in [0.717, 1.165) is 17.7 Å². The van der Waals surface area contributed by atoms with Crippen LogP contribution in [-0.4, -0.2) is 13.0 Å². The first-order chi connectivity index (χ1) is 10.7. The second-order valence-electron chi connectivity index (χ2n) is 5.53. The van der Waals surface area contributed by atoms with Crippen molar-refractivity contribution < 1.29 is 9.53 Å². The first kappa shape index (κ1) is 14.9. The van der Waals surface area contributed by atoms with E-state index in [9.17, 15) is 4.79 Å². The van der Waals surface area contributed by atoms with Gasteiger partial charge in [-0.15, -0.1) is 0 Å². The van der Waals surface area contributed by atoms with Gasteiger partial charge >= 0.3 is 0 Å². The van der Waals surface area contributed by atoms with Gasteiger partial charge in [-0.25, -0.2) is 0 Å². The van der Waals surface area contributed by atoms with Crippen molar-refractivity contribution >= 4 is 17.5 Å². The molecule has 0 radical (unpaired) electrons. The number of ether oxygens (including phenoxy) is 1. The molecule has 22 heavy (non-hydrogen) atoms. The Morgan fingerprint density at radius 2 is 1.95 bits per heavy atom. The molecular formula is C18H18ClNO2. The predicted molar refractivity (Wildman–Crippen MR) is 87.1 cm³/mol. The van der Waals surface area contributed by atoms with E-state index in [1.54, 1.807) is 7.11 Å². The molecule has 2 aromatic rings. The van der Waals surface area contributed by atoms with Gasteiger partial charge in [-0.2, -0.15) is 0 Å². The van der Waals surface area contributed by atoms with Gasteiger partial charge in [0.15, 0.2) is 0 Å². The highest BCUT2D eigenvalue weighted by atomic mass is 35.5. The summed E-state index contributed by atoms with van der Waals surface area (Å²) < 4.78 is 5.15. The fraction of sp³-hybridized carbons (Fsp3) is 0.278. The lowest BCUT2D eigenvalue weighted by Crippen LogP contribution is -2.25. The van der Waals surface area contributed by atoms with Gasteiger partial charge < -0.3 is 10.1 Å². The van der Waals surface area contributed by atoms with Gasteiger partial charge in [-0.05, 0) is 41.7 Å². The highest BCUT2D eigenvalue weighted by Crippen LogP contribution is 2.47. The molecule has 0 aliphatic heterocycles. The molecule has 2 aromatic carbocycles. The number of hydrogen-bond acceptors (Lipinski definition) is 2. The maximum Gasteiger partial charge on any atom is 0.224 e. The van der Waals surface area contributed by atoms with Crippen molar-refractivity contribution in [3.05, 3.63) is 64.7 Å². The molecule has 114 valence electrons. The summed E-state index contributed by atoms with van der Waals surface area (Å²) in [4.78, 5) is 12.2. The van der Waals surface area contributed by atoms with Crippen LogP contribution < -0.4 is 10.1 Å². The van der Waals surface area contributed by atoms with E-state index >= 15 is 0 Å². The summed E-state index contributed by atoms with van der Waals surface area (Å²) in [7, 11) is 1.65. The van der Waals surface area contributed by atoms with E-state index in [1.807, 2.05) is 48.5 Å². The normalized spacial score (nSPS) is 19.5. The van der Waals surface area contributed by atoms with Crippen molar-refractivity contribution in [1.82, 2.24) is 5.32 Å². The lowest BCUT2D eigenvalue weighted by molar-refractivity contribution is -0.122. The molecule has 3 nitrogen and oxygen atoms in total. The minimum atomic E-state index is 0.0656. The summed E-state index contributed by atoms with van der Waals surface area (Å²) in [5, 5.41) is 3.66. The second kappa shape index (κ2) is 6.41. The summed E-state index contributed by atoms with van der Waals surface area (Å²) in [5.41, 5.74) is 2.14. The van der Waals surface area contributed by atoms with E-state index in [0.29, 0.717) is 17.5 Å². The smallest absolute Gasteiger partial charge is 0.224 e. The first-order valence-corrected chi connectivity index (χ1v) is 7.72. The Labute approximate surface area is 135 Å². The van der Waals surface area contributed by atoms with E-state index < -0.39 is 0 Å². The van der Waals surface area contributed by atoms with Crippen molar-refractivity contribution in [1.29, 1.82) is 0 Å². The summed E-state index contributed by atoms with van der Waals surface area (Å²) >= 11 is 6.09. The molecule has 2 unspecified atom stereocenters. The maximum atomic E-state index is 12.2. The number of benzene rings is 2. The first-order valence-electron chi connectivity index (χ1n) is 7.34. The molecule has 0 heterocycles. The Morgan fingerprint density at radius 3 is 2.64 bits per heavy atom. The average molecular weight is 316 g/mol. The Morgan fingerprint density at radius 1 is 1.23 bits per heavy atom. The number of rotatable bonds is 5. The summed E-state index contributed by atoms with van der Waals surface area (Å²) in [6.07, 6.45) is 0.903. The molecule has 1 aliphatic carbocycles. The summed E-state index contributed by atoms with van der Waals surface area (Å²) in [5.74, 6) is 1.32. The number of hydrogen-bond donors (Lipinski definition) is 1.